The average molecular weight is 456 g/mol. The van der Waals surface area contributed by atoms with Gasteiger partial charge in [-0.25, -0.2) is 14.4 Å². The first kappa shape index (κ1) is 21.1. The lowest BCUT2D eigenvalue weighted by Crippen LogP contribution is -2.39. The molecular formula is C24H23ClFN3O3. The summed E-state index contributed by atoms with van der Waals surface area (Å²) in [6, 6.07) is 11.1. The minimum Gasteiger partial charge on any atom is -0.474 e. The summed E-state index contributed by atoms with van der Waals surface area (Å²) in [4.78, 5) is 21.0. The van der Waals surface area contributed by atoms with Gasteiger partial charge in [-0.15, -0.1) is 0 Å². The highest BCUT2D eigenvalue weighted by Gasteiger charge is 2.59. The topological polar surface area (TPSA) is 84.3 Å². The van der Waals surface area contributed by atoms with Crippen LogP contribution in [0.5, 0.6) is 5.88 Å². The number of hydrogen-bond acceptors (Lipinski definition) is 5. The van der Waals surface area contributed by atoms with Crippen LogP contribution >= 0.6 is 11.6 Å². The van der Waals surface area contributed by atoms with Gasteiger partial charge in [0.25, 0.3) is 5.91 Å². The highest BCUT2D eigenvalue weighted by molar-refractivity contribution is 6.30. The Morgan fingerprint density at radius 2 is 1.94 bits per heavy atom. The van der Waals surface area contributed by atoms with Crippen molar-refractivity contribution in [3.8, 4) is 5.88 Å². The van der Waals surface area contributed by atoms with Gasteiger partial charge in [-0.1, -0.05) is 11.6 Å². The van der Waals surface area contributed by atoms with E-state index in [1.54, 1.807) is 30.3 Å². The lowest BCUT2D eigenvalue weighted by Gasteiger charge is -2.22. The first-order chi connectivity index (χ1) is 15.5. The van der Waals surface area contributed by atoms with Crippen molar-refractivity contribution in [3.63, 3.8) is 0 Å². The van der Waals surface area contributed by atoms with Crippen LogP contribution in [0.1, 0.15) is 29.6 Å². The van der Waals surface area contributed by atoms with Crippen molar-refractivity contribution in [2.24, 2.45) is 17.8 Å². The van der Waals surface area contributed by atoms with Gasteiger partial charge in [-0.3, -0.25) is 4.79 Å². The molecule has 2 aliphatic rings. The molecule has 1 heterocycles. The summed E-state index contributed by atoms with van der Waals surface area (Å²) in [5.41, 5.74) is 1.19. The molecule has 2 aromatic carbocycles. The van der Waals surface area contributed by atoms with Gasteiger partial charge in [-0.2, -0.15) is 0 Å². The zero-order valence-electron chi connectivity index (χ0n) is 17.2. The predicted molar refractivity (Wildman–Crippen MR) is 118 cm³/mol. The number of benzene rings is 2. The number of carbonyl (C=O) groups excluding carboxylic acids is 1. The zero-order chi connectivity index (χ0) is 22.2. The van der Waals surface area contributed by atoms with Crippen LogP contribution in [0.4, 0.5) is 4.39 Å². The Kier molecular flexibility index (Phi) is 5.69. The van der Waals surface area contributed by atoms with Crippen LogP contribution in [0, 0.1) is 23.6 Å². The molecular weight excluding hydrogens is 433 g/mol. The normalized spacial score (nSPS) is 24.7. The quantitative estimate of drug-likeness (QED) is 0.562. The fraction of sp³-hybridized carbons (Fsp3) is 0.375. The average Bonchev–Trinajstić information content (AvgIpc) is 3.28. The first-order valence-electron chi connectivity index (χ1n) is 10.8. The van der Waals surface area contributed by atoms with E-state index in [4.69, 9.17) is 16.3 Å². The molecule has 2 aliphatic carbocycles. The number of aliphatic hydroxyl groups is 1. The Balaban J connectivity index is 1.22. The molecule has 1 aromatic heterocycles. The van der Waals surface area contributed by atoms with Gasteiger partial charge in [0.1, 0.15) is 18.2 Å². The van der Waals surface area contributed by atoms with E-state index in [-0.39, 0.29) is 30.5 Å². The van der Waals surface area contributed by atoms with Gasteiger partial charge in [0, 0.05) is 23.2 Å². The van der Waals surface area contributed by atoms with Gasteiger partial charge in [-0.05, 0) is 79.5 Å². The van der Waals surface area contributed by atoms with E-state index in [0.29, 0.717) is 51.5 Å². The van der Waals surface area contributed by atoms with E-state index >= 15 is 0 Å². The van der Waals surface area contributed by atoms with Crippen molar-refractivity contribution in [1.29, 1.82) is 0 Å². The number of nitrogens with one attached hydrogen (secondary N) is 1. The molecule has 0 bridgehead atoms. The number of carbonyl (C=O) groups is 1. The number of amides is 1. The number of ether oxygens (including phenoxy) is 1. The van der Waals surface area contributed by atoms with Gasteiger partial charge in [0.05, 0.1) is 10.9 Å². The molecule has 6 nitrogen and oxygen atoms in total. The SMILES string of the molecule is O=C(NC(CCO)[C@H]1[C@@H]2C[C@@H](Oc3ncnc4ccc(F)cc34)C[C@@H]21)c1ccc(Cl)cc1. The van der Waals surface area contributed by atoms with Crippen LogP contribution in [0.15, 0.2) is 48.8 Å². The van der Waals surface area contributed by atoms with Crippen LogP contribution in [0.2, 0.25) is 5.02 Å². The molecule has 1 amide bonds. The molecule has 3 aromatic rings. The van der Waals surface area contributed by atoms with Crippen molar-refractivity contribution >= 4 is 28.4 Å². The molecule has 0 saturated heterocycles. The van der Waals surface area contributed by atoms with E-state index in [0.717, 1.165) is 12.8 Å². The van der Waals surface area contributed by atoms with E-state index in [2.05, 4.69) is 15.3 Å². The van der Waals surface area contributed by atoms with Crippen molar-refractivity contribution in [1.82, 2.24) is 15.3 Å². The lowest BCUT2D eigenvalue weighted by atomic mass is 9.99. The van der Waals surface area contributed by atoms with E-state index in [1.807, 2.05) is 0 Å². The molecule has 2 N–H and O–H groups in total. The predicted octanol–water partition coefficient (Wildman–Crippen LogP) is 4.01. The summed E-state index contributed by atoms with van der Waals surface area (Å²) in [7, 11) is 0. The number of fused-ring (bicyclic) bond motifs is 2. The summed E-state index contributed by atoms with van der Waals surface area (Å²) < 4.78 is 19.8. The van der Waals surface area contributed by atoms with Crippen molar-refractivity contribution in [3.05, 3.63) is 65.2 Å². The third-order valence-corrected chi connectivity index (χ3v) is 6.89. The second kappa shape index (κ2) is 8.64. The van der Waals surface area contributed by atoms with Gasteiger partial charge < -0.3 is 15.2 Å². The zero-order valence-corrected chi connectivity index (χ0v) is 18.0. The van der Waals surface area contributed by atoms with Gasteiger partial charge in [0.15, 0.2) is 0 Å². The summed E-state index contributed by atoms with van der Waals surface area (Å²) >= 11 is 5.91. The first-order valence-corrected chi connectivity index (χ1v) is 11.2. The minimum atomic E-state index is -0.352. The Bertz CT molecular complexity index is 1130. The Morgan fingerprint density at radius 1 is 1.19 bits per heavy atom. The van der Waals surface area contributed by atoms with E-state index in [1.165, 1.54) is 18.5 Å². The Morgan fingerprint density at radius 3 is 2.66 bits per heavy atom. The molecule has 5 rings (SSSR count). The van der Waals surface area contributed by atoms with Crippen LogP contribution in [0.25, 0.3) is 10.9 Å². The third kappa shape index (κ3) is 4.14. The number of hydrogen-bond donors (Lipinski definition) is 2. The number of aromatic nitrogens is 2. The lowest BCUT2D eigenvalue weighted by molar-refractivity contribution is 0.0916. The van der Waals surface area contributed by atoms with Crippen molar-refractivity contribution in [2.75, 3.05) is 6.61 Å². The Hall–Kier alpha value is -2.77. The molecule has 5 atom stereocenters. The smallest absolute Gasteiger partial charge is 0.251 e. The second-order valence-corrected chi connectivity index (χ2v) is 8.99. The molecule has 2 fully saturated rings. The monoisotopic (exact) mass is 455 g/mol. The van der Waals surface area contributed by atoms with Gasteiger partial charge >= 0.3 is 0 Å². The summed E-state index contributed by atoms with van der Waals surface area (Å²) in [6.07, 6.45) is 3.61. The van der Waals surface area contributed by atoms with Crippen LogP contribution in [-0.4, -0.2) is 39.7 Å². The van der Waals surface area contributed by atoms with E-state index in [9.17, 15) is 14.3 Å². The fourth-order valence-electron chi connectivity index (χ4n) is 5.14. The molecule has 32 heavy (non-hydrogen) atoms. The van der Waals surface area contributed by atoms with Crippen LogP contribution < -0.4 is 10.1 Å². The largest absolute Gasteiger partial charge is 0.474 e. The maximum Gasteiger partial charge on any atom is 0.251 e. The van der Waals surface area contributed by atoms with Crippen LogP contribution in [-0.2, 0) is 0 Å². The Labute approximate surface area is 189 Å². The molecule has 8 heteroatoms. The molecule has 0 aliphatic heterocycles. The number of nitrogens with zero attached hydrogens (tertiary/aromatic N) is 2. The molecule has 166 valence electrons. The molecule has 0 radical (unpaired) electrons. The highest BCUT2D eigenvalue weighted by Crippen LogP contribution is 2.60. The number of aliphatic hydroxyl groups excluding tert-OH is 1. The molecule has 2 saturated carbocycles. The van der Waals surface area contributed by atoms with Crippen molar-refractivity contribution < 1.29 is 19.0 Å². The summed E-state index contributed by atoms with van der Waals surface area (Å²) in [6.45, 7) is 0.0138. The minimum absolute atomic E-state index is 0.00985. The summed E-state index contributed by atoms with van der Waals surface area (Å²) in [5.74, 6) is 1.05. The second-order valence-electron chi connectivity index (χ2n) is 8.56. The standard InChI is InChI=1S/C24H23ClFN3O3/c25-14-3-1-13(2-4-14)23(31)29-21(7-8-30)22-17-10-16(11-18(17)22)32-24-19-9-15(26)5-6-20(19)27-12-28-24/h1-6,9,12,16-18,21-22,30H,7-8,10-11H2,(H,29,31)/t16-,17-,18+,21?,22+. The summed E-state index contributed by atoms with van der Waals surface area (Å²) in [5, 5.41) is 13.8. The van der Waals surface area contributed by atoms with Gasteiger partial charge in [0.2, 0.25) is 5.88 Å². The van der Waals surface area contributed by atoms with Crippen LogP contribution in [0.3, 0.4) is 0 Å². The number of halogens is 2. The molecule has 0 spiro atoms. The number of rotatable bonds is 7. The van der Waals surface area contributed by atoms with E-state index < -0.39 is 0 Å². The molecule has 1 unspecified atom stereocenters. The maximum atomic E-state index is 13.7. The highest BCUT2D eigenvalue weighted by atomic mass is 35.5. The fourth-order valence-corrected chi connectivity index (χ4v) is 5.27. The third-order valence-electron chi connectivity index (χ3n) is 6.63. The maximum absolute atomic E-state index is 13.7. The van der Waals surface area contributed by atoms with Crippen molar-refractivity contribution in [2.45, 2.75) is 31.4 Å².